The fourth-order valence-electron chi connectivity index (χ4n) is 2.60. The van der Waals surface area contributed by atoms with Crippen molar-refractivity contribution < 1.29 is 35.8 Å². The fraction of sp³-hybridized carbons (Fsp3) is 0.190. The van der Waals surface area contributed by atoms with Crippen molar-refractivity contribution in [3.8, 4) is 22.8 Å². The third-order valence-corrected chi connectivity index (χ3v) is 3.94. The molecular formula is C21H16F6N2O2. The number of hydrogen-bond acceptors (Lipinski definition) is 4. The number of ether oxygens (including phenoxy) is 2. The molecule has 0 aliphatic heterocycles. The number of alkyl halides is 6. The average molecular weight is 442 g/mol. The predicted octanol–water partition coefficient (Wildman–Crippen LogP) is 6.20. The molecule has 0 saturated heterocycles. The summed E-state index contributed by atoms with van der Waals surface area (Å²) in [4.78, 5) is 4.16. The summed E-state index contributed by atoms with van der Waals surface area (Å²) in [6.07, 6.45) is -9.31. The Labute approximate surface area is 173 Å². The van der Waals surface area contributed by atoms with Crippen LogP contribution in [0, 0.1) is 0 Å². The molecule has 0 fully saturated rings. The molecule has 0 amide bonds. The van der Waals surface area contributed by atoms with Crippen LogP contribution in [0.2, 0.25) is 0 Å². The molecule has 0 aliphatic rings. The van der Waals surface area contributed by atoms with Gasteiger partial charge >= 0.3 is 12.5 Å². The first-order chi connectivity index (χ1) is 14.6. The van der Waals surface area contributed by atoms with Gasteiger partial charge in [0.15, 0.2) is 11.6 Å². The summed E-state index contributed by atoms with van der Waals surface area (Å²) < 4.78 is 84.4. The molecule has 1 aromatic heterocycles. The Hall–Kier alpha value is -3.43. The summed E-state index contributed by atoms with van der Waals surface area (Å²) in [7, 11) is 0. The second kappa shape index (κ2) is 9.15. The molecule has 0 bridgehead atoms. The van der Waals surface area contributed by atoms with E-state index in [0.29, 0.717) is 5.56 Å². The molecule has 3 aromatic rings. The van der Waals surface area contributed by atoms with Gasteiger partial charge in [-0.15, -0.1) is 13.2 Å². The number of anilines is 1. The molecular weight excluding hydrogens is 426 g/mol. The third kappa shape index (κ3) is 7.09. The normalized spacial score (nSPS) is 11.8. The number of nitrogens with zero attached hydrogens (tertiary/aromatic N) is 1. The van der Waals surface area contributed by atoms with E-state index in [2.05, 4.69) is 15.0 Å². The lowest BCUT2D eigenvalue weighted by Crippen LogP contribution is -2.22. The van der Waals surface area contributed by atoms with E-state index >= 15 is 0 Å². The molecule has 3 rings (SSSR count). The monoisotopic (exact) mass is 442 g/mol. The van der Waals surface area contributed by atoms with Crippen molar-refractivity contribution in [3.05, 3.63) is 72.3 Å². The van der Waals surface area contributed by atoms with Crippen molar-refractivity contribution in [2.45, 2.75) is 19.1 Å². The molecule has 31 heavy (non-hydrogen) atoms. The Bertz CT molecular complexity index is 989. The number of benzene rings is 2. The highest BCUT2D eigenvalue weighted by atomic mass is 19.4. The van der Waals surface area contributed by atoms with Crippen molar-refractivity contribution in [2.75, 3.05) is 11.9 Å². The lowest BCUT2D eigenvalue weighted by molar-refractivity contribution is -0.274. The average Bonchev–Trinajstić information content (AvgIpc) is 2.70. The second-order valence-electron chi connectivity index (χ2n) is 6.36. The van der Waals surface area contributed by atoms with Crippen LogP contribution in [0.5, 0.6) is 11.5 Å². The minimum Gasteiger partial charge on any atom is -0.485 e. The highest BCUT2D eigenvalue weighted by Crippen LogP contribution is 2.31. The molecule has 10 heteroatoms. The van der Waals surface area contributed by atoms with Crippen LogP contribution in [-0.4, -0.2) is 24.1 Å². The fourth-order valence-corrected chi connectivity index (χ4v) is 2.60. The van der Waals surface area contributed by atoms with Crippen molar-refractivity contribution in [2.24, 2.45) is 0 Å². The van der Waals surface area contributed by atoms with E-state index in [1.54, 1.807) is 24.3 Å². The molecule has 4 nitrogen and oxygen atoms in total. The van der Waals surface area contributed by atoms with Gasteiger partial charge in [0.2, 0.25) is 0 Å². The molecule has 0 spiro atoms. The number of halogens is 6. The smallest absolute Gasteiger partial charge is 0.485 e. The largest absolute Gasteiger partial charge is 0.573 e. The molecule has 0 atom stereocenters. The molecule has 0 saturated carbocycles. The minimum absolute atomic E-state index is 0.105. The first-order valence-corrected chi connectivity index (χ1v) is 8.94. The van der Waals surface area contributed by atoms with Gasteiger partial charge < -0.3 is 14.8 Å². The van der Waals surface area contributed by atoms with E-state index < -0.39 is 24.8 Å². The molecule has 1 N–H and O–H groups in total. The zero-order valence-corrected chi connectivity index (χ0v) is 15.8. The van der Waals surface area contributed by atoms with Gasteiger partial charge in [-0.2, -0.15) is 13.2 Å². The Morgan fingerprint density at radius 1 is 0.806 bits per heavy atom. The van der Waals surface area contributed by atoms with Crippen molar-refractivity contribution in [1.29, 1.82) is 0 Å². The van der Waals surface area contributed by atoms with Crippen molar-refractivity contribution in [1.82, 2.24) is 4.98 Å². The van der Waals surface area contributed by atoms with Crippen LogP contribution >= 0.6 is 0 Å². The quantitative estimate of drug-likeness (QED) is 0.443. The zero-order chi connectivity index (χ0) is 22.5. The zero-order valence-electron chi connectivity index (χ0n) is 15.8. The summed E-state index contributed by atoms with van der Waals surface area (Å²) in [5, 5.41) is 2.21. The van der Waals surface area contributed by atoms with Gasteiger partial charge in [0.1, 0.15) is 18.9 Å². The first-order valence-electron chi connectivity index (χ1n) is 8.94. The maximum atomic E-state index is 12.7. The third-order valence-electron chi connectivity index (χ3n) is 3.94. The van der Waals surface area contributed by atoms with Crippen LogP contribution in [0.25, 0.3) is 11.3 Å². The first kappa shape index (κ1) is 22.3. The lowest BCUT2D eigenvalue weighted by atomic mass is 10.1. The maximum absolute atomic E-state index is 12.7. The van der Waals surface area contributed by atoms with E-state index in [4.69, 9.17) is 4.74 Å². The summed E-state index contributed by atoms with van der Waals surface area (Å²) >= 11 is 0. The topological polar surface area (TPSA) is 43.4 Å². The minimum atomic E-state index is -4.83. The Kier molecular flexibility index (Phi) is 6.57. The molecule has 2 aromatic carbocycles. The summed E-state index contributed by atoms with van der Waals surface area (Å²) in [5.41, 5.74) is 1.45. The van der Waals surface area contributed by atoms with Gasteiger partial charge in [-0.05, 0) is 42.0 Å². The number of aromatic nitrogens is 1. The molecule has 164 valence electrons. The second-order valence-corrected chi connectivity index (χ2v) is 6.36. The Morgan fingerprint density at radius 2 is 1.48 bits per heavy atom. The number of rotatable bonds is 7. The molecule has 0 unspecified atom stereocenters. The van der Waals surface area contributed by atoms with Crippen LogP contribution < -0.4 is 14.8 Å². The van der Waals surface area contributed by atoms with Gasteiger partial charge in [0, 0.05) is 5.56 Å². The highest BCUT2D eigenvalue weighted by Gasteiger charge is 2.31. The van der Waals surface area contributed by atoms with Crippen LogP contribution in [0.3, 0.4) is 0 Å². The predicted molar refractivity (Wildman–Crippen MR) is 102 cm³/mol. The van der Waals surface area contributed by atoms with Gasteiger partial charge in [-0.25, -0.2) is 4.98 Å². The van der Waals surface area contributed by atoms with Crippen molar-refractivity contribution >= 4 is 5.82 Å². The van der Waals surface area contributed by atoms with Crippen LogP contribution in [-0.2, 0) is 6.61 Å². The van der Waals surface area contributed by atoms with E-state index in [0.717, 1.165) is 17.7 Å². The van der Waals surface area contributed by atoms with Crippen LogP contribution in [0.4, 0.5) is 32.2 Å². The Morgan fingerprint density at radius 3 is 2.10 bits per heavy atom. The lowest BCUT2D eigenvalue weighted by Gasteiger charge is -2.15. The summed E-state index contributed by atoms with van der Waals surface area (Å²) in [6.45, 7) is -1.21. The van der Waals surface area contributed by atoms with E-state index in [1.165, 1.54) is 24.3 Å². The Balaban J connectivity index is 1.82. The van der Waals surface area contributed by atoms with Gasteiger partial charge in [-0.3, -0.25) is 0 Å². The van der Waals surface area contributed by atoms with Crippen LogP contribution in [0.15, 0.2) is 66.7 Å². The van der Waals surface area contributed by atoms with Crippen LogP contribution in [0.1, 0.15) is 5.56 Å². The van der Waals surface area contributed by atoms with Gasteiger partial charge in [0.05, 0.1) is 5.69 Å². The van der Waals surface area contributed by atoms with E-state index in [1.807, 2.05) is 6.07 Å². The maximum Gasteiger partial charge on any atom is 0.573 e. The van der Waals surface area contributed by atoms with Gasteiger partial charge in [0.25, 0.3) is 0 Å². The van der Waals surface area contributed by atoms with E-state index in [-0.39, 0.29) is 23.9 Å². The van der Waals surface area contributed by atoms with E-state index in [9.17, 15) is 26.3 Å². The molecule has 0 radical (unpaired) electrons. The highest BCUT2D eigenvalue weighted by molar-refractivity contribution is 5.65. The number of pyridine rings is 1. The summed E-state index contributed by atoms with van der Waals surface area (Å²) in [6, 6.07) is 16.8. The van der Waals surface area contributed by atoms with Gasteiger partial charge in [-0.1, -0.05) is 30.3 Å². The standard InChI is InChI=1S/C21H16F6N2O2/c22-20(23,24)13-28-19-18(30-12-14-4-2-1-3-5-14)11-10-17(29-19)15-6-8-16(9-7-15)31-21(25,26)27/h1-11H,12-13H2,(H,28,29). The van der Waals surface area contributed by atoms with Crippen molar-refractivity contribution in [3.63, 3.8) is 0 Å². The number of hydrogen-bond donors (Lipinski definition) is 1. The SMILES string of the molecule is FC(F)(F)CNc1nc(-c2ccc(OC(F)(F)F)cc2)ccc1OCc1ccccc1. The summed E-state index contributed by atoms with van der Waals surface area (Å²) in [5.74, 6) is -0.454. The molecule has 0 aliphatic carbocycles. The molecule has 1 heterocycles. The number of nitrogens with one attached hydrogen (secondary N) is 1.